The second-order valence-electron chi connectivity index (χ2n) is 7.16. The van der Waals surface area contributed by atoms with Crippen LogP contribution in [0, 0.1) is 17.6 Å². The van der Waals surface area contributed by atoms with Crippen molar-refractivity contribution in [2.45, 2.75) is 32.2 Å². The molecule has 1 N–H and O–H groups in total. The molecule has 1 aromatic carbocycles. The zero-order chi connectivity index (χ0) is 19.1. The number of imide groups is 1. The number of halogens is 2. The summed E-state index contributed by atoms with van der Waals surface area (Å²) < 4.78 is 27.6. The lowest BCUT2D eigenvalue weighted by Gasteiger charge is -2.31. The van der Waals surface area contributed by atoms with Gasteiger partial charge >= 0.3 is 6.03 Å². The van der Waals surface area contributed by atoms with E-state index in [-0.39, 0.29) is 11.5 Å². The average Bonchev–Trinajstić information content (AvgIpc) is 2.81. The molecule has 4 amide bonds. The third kappa shape index (κ3) is 3.15. The number of nitrogens with zero attached hydrogens (tertiary/aromatic N) is 2. The number of rotatable bonds is 3. The monoisotopic (exact) mass is 365 g/mol. The van der Waals surface area contributed by atoms with Crippen molar-refractivity contribution in [3.05, 3.63) is 35.4 Å². The Morgan fingerprint density at radius 1 is 1.35 bits per heavy atom. The summed E-state index contributed by atoms with van der Waals surface area (Å²) in [5, 5.41) is 2.39. The van der Waals surface area contributed by atoms with E-state index in [2.05, 4.69) is 5.32 Å². The summed E-state index contributed by atoms with van der Waals surface area (Å²) in [6.07, 6.45) is 1.91. The van der Waals surface area contributed by atoms with E-state index in [0.717, 1.165) is 35.9 Å². The van der Waals surface area contributed by atoms with Crippen LogP contribution in [0.4, 0.5) is 13.6 Å². The van der Waals surface area contributed by atoms with Crippen molar-refractivity contribution in [2.75, 3.05) is 19.6 Å². The van der Waals surface area contributed by atoms with Crippen LogP contribution in [0.5, 0.6) is 0 Å². The minimum Gasteiger partial charge on any atom is -0.341 e. The largest absolute Gasteiger partial charge is 0.341 e. The van der Waals surface area contributed by atoms with Gasteiger partial charge in [0.2, 0.25) is 5.91 Å². The molecule has 2 aliphatic heterocycles. The molecule has 2 saturated heterocycles. The van der Waals surface area contributed by atoms with E-state index in [1.54, 1.807) is 4.90 Å². The predicted octanol–water partition coefficient (Wildman–Crippen LogP) is 1.99. The molecule has 140 valence electrons. The standard InChI is InChI=1S/C18H21F2N3O3/c1-11-4-3-7-22(9-11)15(24)10-23-16(25)18(2,21-17(23)26)13-8-12(19)5-6-14(13)20/h5-6,8,11H,3-4,7,9-10H2,1-2H3,(H,21,26)/t11-,18-/m1/s1. The first-order valence-electron chi connectivity index (χ1n) is 8.60. The van der Waals surface area contributed by atoms with Crippen molar-refractivity contribution in [1.29, 1.82) is 0 Å². The minimum atomic E-state index is -1.75. The summed E-state index contributed by atoms with van der Waals surface area (Å²) in [6.45, 7) is 4.10. The molecule has 2 aliphatic rings. The second kappa shape index (κ2) is 6.66. The number of urea groups is 1. The first-order valence-corrected chi connectivity index (χ1v) is 8.60. The van der Waals surface area contributed by atoms with Crippen molar-refractivity contribution in [3.63, 3.8) is 0 Å². The van der Waals surface area contributed by atoms with Crippen LogP contribution in [0.1, 0.15) is 32.3 Å². The van der Waals surface area contributed by atoms with Crippen LogP contribution < -0.4 is 5.32 Å². The number of benzene rings is 1. The summed E-state index contributed by atoms with van der Waals surface area (Å²) in [5.41, 5.74) is -2.02. The molecule has 0 aromatic heterocycles. The number of hydrogen-bond acceptors (Lipinski definition) is 3. The molecule has 1 aromatic rings. The molecular formula is C18H21F2N3O3. The molecule has 2 atom stereocenters. The quantitative estimate of drug-likeness (QED) is 0.833. The average molecular weight is 365 g/mol. The van der Waals surface area contributed by atoms with Crippen LogP contribution in [0.15, 0.2) is 18.2 Å². The molecule has 0 unspecified atom stereocenters. The van der Waals surface area contributed by atoms with E-state index in [9.17, 15) is 23.2 Å². The molecule has 26 heavy (non-hydrogen) atoms. The summed E-state index contributed by atoms with van der Waals surface area (Å²) in [5.74, 6) is -2.26. The Bertz CT molecular complexity index is 770. The van der Waals surface area contributed by atoms with Gasteiger partial charge in [-0.25, -0.2) is 13.6 Å². The summed E-state index contributed by atoms with van der Waals surface area (Å²) in [7, 11) is 0. The Morgan fingerprint density at radius 3 is 2.77 bits per heavy atom. The zero-order valence-corrected chi connectivity index (χ0v) is 14.7. The van der Waals surface area contributed by atoms with E-state index in [0.29, 0.717) is 19.0 Å². The summed E-state index contributed by atoms with van der Waals surface area (Å²) >= 11 is 0. The van der Waals surface area contributed by atoms with Crippen LogP contribution in [0.25, 0.3) is 0 Å². The first-order chi connectivity index (χ1) is 12.2. The summed E-state index contributed by atoms with van der Waals surface area (Å²) in [4.78, 5) is 39.9. The Balaban J connectivity index is 1.80. The van der Waals surface area contributed by atoms with Gasteiger partial charge in [0.05, 0.1) is 0 Å². The van der Waals surface area contributed by atoms with Gasteiger partial charge in [-0.15, -0.1) is 0 Å². The molecule has 8 heteroatoms. The molecule has 0 aliphatic carbocycles. The Hall–Kier alpha value is -2.51. The molecule has 3 rings (SSSR count). The van der Waals surface area contributed by atoms with Crippen LogP contribution in [0.2, 0.25) is 0 Å². The summed E-state index contributed by atoms with van der Waals surface area (Å²) in [6, 6.07) is 1.92. The SMILES string of the molecule is C[C@@H]1CCCN(C(=O)CN2C(=O)N[C@](C)(c3cc(F)ccc3F)C2=O)C1. The van der Waals surface area contributed by atoms with E-state index < -0.39 is 35.7 Å². The van der Waals surface area contributed by atoms with Gasteiger partial charge in [0, 0.05) is 18.7 Å². The second-order valence-corrected chi connectivity index (χ2v) is 7.16. The van der Waals surface area contributed by atoms with E-state index in [1.165, 1.54) is 6.92 Å². The third-order valence-electron chi connectivity index (χ3n) is 5.05. The lowest BCUT2D eigenvalue weighted by Crippen LogP contribution is -2.47. The highest BCUT2D eigenvalue weighted by Crippen LogP contribution is 2.31. The normalized spacial score (nSPS) is 26.2. The van der Waals surface area contributed by atoms with Gasteiger partial charge in [-0.1, -0.05) is 6.92 Å². The number of carbonyl (C=O) groups is 3. The fourth-order valence-electron chi connectivity index (χ4n) is 3.55. The van der Waals surface area contributed by atoms with Crippen molar-refractivity contribution < 1.29 is 23.2 Å². The number of piperidine rings is 1. The van der Waals surface area contributed by atoms with Crippen molar-refractivity contribution >= 4 is 17.8 Å². The predicted molar refractivity (Wildman–Crippen MR) is 88.9 cm³/mol. The number of likely N-dealkylation sites (tertiary alicyclic amines) is 1. The topological polar surface area (TPSA) is 69.7 Å². The van der Waals surface area contributed by atoms with Gasteiger partial charge in [0.25, 0.3) is 5.91 Å². The van der Waals surface area contributed by atoms with E-state index in [1.807, 2.05) is 6.92 Å². The van der Waals surface area contributed by atoms with E-state index in [4.69, 9.17) is 0 Å². The Morgan fingerprint density at radius 2 is 2.08 bits per heavy atom. The van der Waals surface area contributed by atoms with Gasteiger partial charge in [-0.2, -0.15) is 0 Å². The molecule has 0 bridgehead atoms. The molecule has 2 fully saturated rings. The maximum Gasteiger partial charge on any atom is 0.325 e. The maximum absolute atomic E-state index is 14.1. The van der Waals surface area contributed by atoms with Gasteiger partial charge in [-0.3, -0.25) is 14.5 Å². The van der Waals surface area contributed by atoms with Crippen molar-refractivity contribution in [2.24, 2.45) is 5.92 Å². The smallest absolute Gasteiger partial charge is 0.325 e. The number of nitrogens with one attached hydrogen (secondary N) is 1. The lowest BCUT2D eigenvalue weighted by molar-refractivity contribution is -0.139. The van der Waals surface area contributed by atoms with Crippen LogP contribution >= 0.6 is 0 Å². The molecule has 6 nitrogen and oxygen atoms in total. The highest BCUT2D eigenvalue weighted by molar-refractivity contribution is 6.09. The molecule has 0 radical (unpaired) electrons. The van der Waals surface area contributed by atoms with E-state index >= 15 is 0 Å². The van der Waals surface area contributed by atoms with Crippen LogP contribution in [-0.4, -0.2) is 47.3 Å². The van der Waals surface area contributed by atoms with Crippen LogP contribution in [0.3, 0.4) is 0 Å². The maximum atomic E-state index is 14.1. The van der Waals surface area contributed by atoms with Crippen LogP contribution in [-0.2, 0) is 15.1 Å². The Kier molecular flexibility index (Phi) is 4.68. The Labute approximate surface area is 150 Å². The molecule has 0 saturated carbocycles. The number of hydrogen-bond donors (Lipinski definition) is 1. The molecule has 2 heterocycles. The molecule has 0 spiro atoms. The molecular weight excluding hydrogens is 344 g/mol. The zero-order valence-electron chi connectivity index (χ0n) is 14.7. The highest BCUT2D eigenvalue weighted by Gasteiger charge is 2.51. The van der Waals surface area contributed by atoms with Gasteiger partial charge in [0.1, 0.15) is 23.7 Å². The lowest BCUT2D eigenvalue weighted by atomic mass is 9.91. The number of amides is 4. The number of carbonyl (C=O) groups excluding carboxylic acids is 3. The fourth-order valence-corrected chi connectivity index (χ4v) is 3.55. The van der Waals surface area contributed by atoms with Crippen molar-refractivity contribution in [1.82, 2.24) is 15.1 Å². The minimum absolute atomic E-state index is 0.266. The third-order valence-corrected chi connectivity index (χ3v) is 5.05. The van der Waals surface area contributed by atoms with Gasteiger partial charge < -0.3 is 10.2 Å². The highest BCUT2D eigenvalue weighted by atomic mass is 19.1. The van der Waals surface area contributed by atoms with Gasteiger partial charge in [-0.05, 0) is 43.9 Å². The van der Waals surface area contributed by atoms with Crippen molar-refractivity contribution in [3.8, 4) is 0 Å². The fraction of sp³-hybridized carbons (Fsp3) is 0.500. The first kappa shape index (κ1) is 18.3. The van der Waals surface area contributed by atoms with Gasteiger partial charge in [0.15, 0.2) is 0 Å².